The van der Waals surface area contributed by atoms with E-state index >= 15 is 0 Å². The SMILES string of the molecule is COc1ccc(CNC(=O)[C@H](C)Oc2cc(C)c(Cl)c(C)c2)c(OC)c1OC. The molecule has 2 aromatic carbocycles. The zero-order chi connectivity index (χ0) is 20.8. The zero-order valence-electron chi connectivity index (χ0n) is 17.0. The molecule has 0 aliphatic heterocycles. The largest absolute Gasteiger partial charge is 0.493 e. The topological polar surface area (TPSA) is 66.0 Å². The van der Waals surface area contributed by atoms with E-state index in [-0.39, 0.29) is 12.5 Å². The monoisotopic (exact) mass is 407 g/mol. The summed E-state index contributed by atoms with van der Waals surface area (Å²) >= 11 is 6.18. The number of hydrogen-bond donors (Lipinski definition) is 1. The Morgan fingerprint density at radius 2 is 1.64 bits per heavy atom. The first-order valence-electron chi connectivity index (χ1n) is 8.81. The molecule has 1 amide bonds. The van der Waals surface area contributed by atoms with Crippen LogP contribution < -0.4 is 24.3 Å². The number of hydrogen-bond acceptors (Lipinski definition) is 5. The number of amides is 1. The van der Waals surface area contributed by atoms with Crippen LogP contribution in [0, 0.1) is 13.8 Å². The van der Waals surface area contributed by atoms with Crippen LogP contribution in [0.5, 0.6) is 23.0 Å². The quantitative estimate of drug-likeness (QED) is 0.714. The van der Waals surface area contributed by atoms with Gasteiger partial charge in [-0.3, -0.25) is 4.79 Å². The van der Waals surface area contributed by atoms with Gasteiger partial charge in [-0.1, -0.05) is 11.6 Å². The van der Waals surface area contributed by atoms with Crippen LogP contribution in [-0.4, -0.2) is 33.3 Å². The lowest BCUT2D eigenvalue weighted by molar-refractivity contribution is -0.127. The van der Waals surface area contributed by atoms with Crippen LogP contribution >= 0.6 is 11.6 Å². The zero-order valence-corrected chi connectivity index (χ0v) is 17.8. The molecule has 7 heteroatoms. The molecule has 0 aliphatic carbocycles. The normalized spacial score (nSPS) is 11.5. The molecule has 0 spiro atoms. The Hall–Kier alpha value is -2.60. The molecule has 0 heterocycles. The number of ether oxygens (including phenoxy) is 4. The smallest absolute Gasteiger partial charge is 0.261 e. The van der Waals surface area contributed by atoms with E-state index in [4.69, 9.17) is 30.5 Å². The van der Waals surface area contributed by atoms with Gasteiger partial charge in [0, 0.05) is 17.1 Å². The summed E-state index contributed by atoms with van der Waals surface area (Å²) in [5.74, 6) is 1.90. The van der Waals surface area contributed by atoms with Crippen molar-refractivity contribution in [1.29, 1.82) is 0 Å². The summed E-state index contributed by atoms with van der Waals surface area (Å²) in [6, 6.07) is 7.22. The van der Waals surface area contributed by atoms with Crippen molar-refractivity contribution in [3.05, 3.63) is 46.0 Å². The van der Waals surface area contributed by atoms with Crippen molar-refractivity contribution in [2.75, 3.05) is 21.3 Å². The van der Waals surface area contributed by atoms with Crippen molar-refractivity contribution in [2.45, 2.75) is 33.4 Å². The molecular formula is C21H26ClNO5. The van der Waals surface area contributed by atoms with E-state index in [0.717, 1.165) is 16.7 Å². The Bertz CT molecular complexity index is 830. The third kappa shape index (κ3) is 4.81. The van der Waals surface area contributed by atoms with Gasteiger partial charge in [-0.05, 0) is 56.2 Å². The molecular weight excluding hydrogens is 382 g/mol. The molecule has 0 saturated carbocycles. The van der Waals surface area contributed by atoms with Crippen molar-refractivity contribution in [1.82, 2.24) is 5.32 Å². The van der Waals surface area contributed by atoms with Crippen LogP contribution in [0.2, 0.25) is 5.02 Å². The Morgan fingerprint density at radius 1 is 1.04 bits per heavy atom. The Kier molecular flexibility index (Phi) is 7.40. The van der Waals surface area contributed by atoms with Gasteiger partial charge in [0.1, 0.15) is 5.75 Å². The number of benzene rings is 2. The second kappa shape index (κ2) is 9.55. The Labute approximate surface area is 170 Å². The van der Waals surface area contributed by atoms with Gasteiger partial charge in [-0.2, -0.15) is 0 Å². The molecule has 6 nitrogen and oxygen atoms in total. The van der Waals surface area contributed by atoms with E-state index in [9.17, 15) is 4.79 Å². The van der Waals surface area contributed by atoms with E-state index in [0.29, 0.717) is 28.0 Å². The van der Waals surface area contributed by atoms with Crippen molar-refractivity contribution in [2.24, 2.45) is 0 Å². The second-order valence-electron chi connectivity index (χ2n) is 6.34. The van der Waals surface area contributed by atoms with Crippen LogP contribution in [0.4, 0.5) is 0 Å². The van der Waals surface area contributed by atoms with Crippen molar-refractivity contribution < 1.29 is 23.7 Å². The molecule has 0 saturated heterocycles. The summed E-state index contributed by atoms with van der Waals surface area (Å²) in [6.07, 6.45) is -0.675. The van der Waals surface area contributed by atoms with Crippen LogP contribution in [0.25, 0.3) is 0 Å². The minimum absolute atomic E-state index is 0.248. The summed E-state index contributed by atoms with van der Waals surface area (Å²) in [5.41, 5.74) is 2.57. The Balaban J connectivity index is 2.07. The summed E-state index contributed by atoms with van der Waals surface area (Å²) in [4.78, 5) is 12.5. The van der Waals surface area contributed by atoms with Crippen molar-refractivity contribution in [3.63, 3.8) is 0 Å². The standard InChI is InChI=1S/C21H26ClNO5/c1-12-9-16(10-13(2)18(12)22)28-14(3)21(24)23-11-15-7-8-17(25-4)20(27-6)19(15)26-5/h7-10,14H,11H2,1-6H3,(H,23,24)/t14-/m0/s1. The van der Waals surface area contributed by atoms with Gasteiger partial charge in [0.15, 0.2) is 17.6 Å². The second-order valence-corrected chi connectivity index (χ2v) is 6.72. The first kappa shape index (κ1) is 21.7. The molecule has 152 valence electrons. The number of rotatable bonds is 8. The van der Waals surface area contributed by atoms with Crippen molar-refractivity contribution >= 4 is 17.5 Å². The highest BCUT2D eigenvalue weighted by Gasteiger charge is 2.19. The summed E-state index contributed by atoms with van der Waals surface area (Å²) < 4.78 is 21.8. The highest BCUT2D eigenvalue weighted by atomic mass is 35.5. The maximum Gasteiger partial charge on any atom is 0.261 e. The average Bonchev–Trinajstić information content (AvgIpc) is 2.68. The fourth-order valence-electron chi connectivity index (χ4n) is 2.86. The van der Waals surface area contributed by atoms with E-state index in [1.165, 1.54) is 7.11 Å². The van der Waals surface area contributed by atoms with Gasteiger partial charge in [-0.25, -0.2) is 0 Å². The van der Waals surface area contributed by atoms with Gasteiger partial charge in [-0.15, -0.1) is 0 Å². The van der Waals surface area contributed by atoms with Crippen LogP contribution in [-0.2, 0) is 11.3 Å². The molecule has 2 rings (SSSR count). The molecule has 2 aromatic rings. The van der Waals surface area contributed by atoms with Gasteiger partial charge >= 0.3 is 0 Å². The summed E-state index contributed by atoms with van der Waals surface area (Å²) in [7, 11) is 4.63. The maximum atomic E-state index is 12.5. The number of carbonyl (C=O) groups is 1. The molecule has 1 atom stereocenters. The number of nitrogens with one attached hydrogen (secondary N) is 1. The van der Waals surface area contributed by atoms with Gasteiger partial charge in [0.2, 0.25) is 5.75 Å². The molecule has 0 aliphatic rings. The maximum absolute atomic E-state index is 12.5. The first-order valence-corrected chi connectivity index (χ1v) is 9.19. The fourth-order valence-corrected chi connectivity index (χ4v) is 2.97. The number of methoxy groups -OCH3 is 3. The molecule has 0 fully saturated rings. The molecule has 1 N–H and O–H groups in total. The molecule has 0 aromatic heterocycles. The molecule has 0 bridgehead atoms. The number of carbonyl (C=O) groups excluding carboxylic acids is 1. The lowest BCUT2D eigenvalue weighted by Crippen LogP contribution is -2.36. The predicted molar refractivity (Wildman–Crippen MR) is 109 cm³/mol. The fraction of sp³-hybridized carbons (Fsp3) is 0.381. The van der Waals surface area contributed by atoms with E-state index in [1.807, 2.05) is 32.0 Å². The van der Waals surface area contributed by atoms with E-state index < -0.39 is 6.10 Å². The van der Waals surface area contributed by atoms with E-state index in [1.54, 1.807) is 27.2 Å². The average molecular weight is 408 g/mol. The minimum atomic E-state index is -0.675. The highest BCUT2D eigenvalue weighted by molar-refractivity contribution is 6.32. The molecule has 0 radical (unpaired) electrons. The van der Waals surface area contributed by atoms with Crippen LogP contribution in [0.15, 0.2) is 24.3 Å². The van der Waals surface area contributed by atoms with Crippen molar-refractivity contribution in [3.8, 4) is 23.0 Å². The highest BCUT2D eigenvalue weighted by Crippen LogP contribution is 2.39. The molecule has 28 heavy (non-hydrogen) atoms. The van der Waals surface area contributed by atoms with Crippen LogP contribution in [0.3, 0.4) is 0 Å². The summed E-state index contributed by atoms with van der Waals surface area (Å²) in [6.45, 7) is 5.75. The number of aryl methyl sites for hydroxylation is 2. The van der Waals surface area contributed by atoms with Crippen LogP contribution in [0.1, 0.15) is 23.6 Å². The minimum Gasteiger partial charge on any atom is -0.493 e. The predicted octanol–water partition coefficient (Wildman–Crippen LogP) is 4.07. The van der Waals surface area contributed by atoms with Gasteiger partial charge in [0.25, 0.3) is 5.91 Å². The molecule has 0 unspecified atom stereocenters. The van der Waals surface area contributed by atoms with Gasteiger partial charge < -0.3 is 24.3 Å². The summed E-state index contributed by atoms with van der Waals surface area (Å²) in [5, 5.41) is 3.56. The number of halogens is 1. The Morgan fingerprint density at radius 3 is 2.18 bits per heavy atom. The third-order valence-electron chi connectivity index (χ3n) is 4.33. The van der Waals surface area contributed by atoms with Gasteiger partial charge in [0.05, 0.1) is 21.3 Å². The van der Waals surface area contributed by atoms with E-state index in [2.05, 4.69) is 5.32 Å². The first-order chi connectivity index (χ1) is 13.3. The lowest BCUT2D eigenvalue weighted by atomic mass is 10.1. The third-order valence-corrected chi connectivity index (χ3v) is 4.93. The lowest BCUT2D eigenvalue weighted by Gasteiger charge is -2.18.